The Morgan fingerprint density at radius 2 is 2.12 bits per heavy atom. The van der Waals surface area contributed by atoms with Crippen molar-refractivity contribution in [2.24, 2.45) is 5.41 Å². The zero-order chi connectivity index (χ0) is 12.3. The molecule has 1 amide bonds. The molecule has 1 rings (SSSR count). The molecule has 0 aromatic carbocycles. The maximum atomic E-state index is 12.1. The summed E-state index contributed by atoms with van der Waals surface area (Å²) in [6.45, 7) is 7.99. The summed E-state index contributed by atoms with van der Waals surface area (Å²) in [5.74, 6) is 0.205. The molecule has 0 spiro atoms. The van der Waals surface area contributed by atoms with E-state index in [1.807, 2.05) is 32.7 Å². The van der Waals surface area contributed by atoms with Crippen molar-refractivity contribution in [3.05, 3.63) is 22.4 Å². The van der Waals surface area contributed by atoms with Gasteiger partial charge >= 0.3 is 0 Å². The number of hydrogen-bond acceptors (Lipinski definition) is 2. The average molecular weight is 239 g/mol. The third-order valence-electron chi connectivity index (χ3n) is 2.70. The SMILES string of the molecule is CC(Cc1cccs1)N(C)C(=O)C(C)(C)C. The van der Waals surface area contributed by atoms with E-state index in [2.05, 4.69) is 24.4 Å². The van der Waals surface area contributed by atoms with E-state index in [-0.39, 0.29) is 17.4 Å². The second-order valence-corrected chi connectivity index (χ2v) is 6.33. The number of carbonyl (C=O) groups is 1. The third-order valence-corrected chi connectivity index (χ3v) is 3.60. The second kappa shape index (κ2) is 5.00. The van der Waals surface area contributed by atoms with Crippen LogP contribution in [0.15, 0.2) is 17.5 Å². The van der Waals surface area contributed by atoms with Gasteiger partial charge in [-0.15, -0.1) is 11.3 Å². The minimum atomic E-state index is -0.293. The number of rotatable bonds is 3. The average Bonchev–Trinajstić information content (AvgIpc) is 2.66. The largest absolute Gasteiger partial charge is 0.342 e. The van der Waals surface area contributed by atoms with Crippen molar-refractivity contribution in [3.63, 3.8) is 0 Å². The van der Waals surface area contributed by atoms with E-state index in [9.17, 15) is 4.79 Å². The highest BCUT2D eigenvalue weighted by atomic mass is 32.1. The summed E-state index contributed by atoms with van der Waals surface area (Å²) in [5, 5.41) is 2.08. The van der Waals surface area contributed by atoms with Crippen molar-refractivity contribution in [1.29, 1.82) is 0 Å². The van der Waals surface area contributed by atoms with Gasteiger partial charge in [0.2, 0.25) is 5.91 Å². The lowest BCUT2D eigenvalue weighted by molar-refractivity contribution is -0.139. The minimum Gasteiger partial charge on any atom is -0.342 e. The van der Waals surface area contributed by atoms with Gasteiger partial charge in [-0.05, 0) is 18.4 Å². The first-order valence-corrected chi connectivity index (χ1v) is 6.50. The Morgan fingerprint density at radius 3 is 2.56 bits per heavy atom. The van der Waals surface area contributed by atoms with E-state index in [0.717, 1.165) is 6.42 Å². The van der Waals surface area contributed by atoms with Crippen LogP contribution >= 0.6 is 11.3 Å². The fourth-order valence-corrected chi connectivity index (χ4v) is 2.41. The molecule has 2 nitrogen and oxygen atoms in total. The monoisotopic (exact) mass is 239 g/mol. The lowest BCUT2D eigenvalue weighted by Crippen LogP contribution is -2.42. The Hall–Kier alpha value is -0.830. The fraction of sp³-hybridized carbons (Fsp3) is 0.615. The van der Waals surface area contributed by atoms with Crippen molar-refractivity contribution < 1.29 is 4.79 Å². The van der Waals surface area contributed by atoms with Crippen LogP contribution in [0.25, 0.3) is 0 Å². The molecule has 0 saturated heterocycles. The Bertz CT molecular complexity index is 337. The van der Waals surface area contributed by atoms with Gasteiger partial charge in [-0.2, -0.15) is 0 Å². The molecular weight excluding hydrogens is 218 g/mol. The van der Waals surface area contributed by atoms with Gasteiger partial charge in [0, 0.05) is 29.8 Å². The Labute approximate surface area is 102 Å². The van der Waals surface area contributed by atoms with Crippen molar-refractivity contribution >= 4 is 17.2 Å². The quantitative estimate of drug-likeness (QED) is 0.793. The van der Waals surface area contributed by atoms with Crippen molar-refractivity contribution in [1.82, 2.24) is 4.90 Å². The summed E-state index contributed by atoms with van der Waals surface area (Å²) in [6, 6.07) is 4.43. The molecule has 0 radical (unpaired) electrons. The predicted molar refractivity (Wildman–Crippen MR) is 69.7 cm³/mol. The fourth-order valence-electron chi connectivity index (χ4n) is 1.59. The van der Waals surface area contributed by atoms with Gasteiger partial charge in [0.1, 0.15) is 0 Å². The van der Waals surface area contributed by atoms with E-state index in [1.54, 1.807) is 11.3 Å². The summed E-state index contributed by atoms with van der Waals surface area (Å²) in [4.78, 5) is 15.3. The summed E-state index contributed by atoms with van der Waals surface area (Å²) in [5.41, 5.74) is -0.293. The first-order chi connectivity index (χ1) is 7.32. The van der Waals surface area contributed by atoms with Crippen LogP contribution in [-0.4, -0.2) is 23.9 Å². The van der Waals surface area contributed by atoms with Gasteiger partial charge in [-0.3, -0.25) is 4.79 Å². The topological polar surface area (TPSA) is 20.3 Å². The molecule has 1 atom stereocenters. The molecule has 0 aliphatic heterocycles. The molecule has 1 unspecified atom stereocenters. The smallest absolute Gasteiger partial charge is 0.227 e. The maximum absolute atomic E-state index is 12.1. The van der Waals surface area contributed by atoms with Crippen molar-refractivity contribution in [2.45, 2.75) is 40.2 Å². The minimum absolute atomic E-state index is 0.205. The van der Waals surface area contributed by atoms with Crippen LogP contribution in [-0.2, 0) is 11.2 Å². The number of likely N-dealkylation sites (N-methyl/N-ethyl adjacent to an activating group) is 1. The molecule has 1 aromatic heterocycles. The van der Waals surface area contributed by atoms with Crippen LogP contribution < -0.4 is 0 Å². The van der Waals surface area contributed by atoms with Crippen LogP contribution in [0.3, 0.4) is 0 Å². The van der Waals surface area contributed by atoms with E-state index in [1.165, 1.54) is 4.88 Å². The van der Waals surface area contributed by atoms with Crippen LogP contribution in [0.5, 0.6) is 0 Å². The third kappa shape index (κ3) is 3.34. The second-order valence-electron chi connectivity index (χ2n) is 5.30. The van der Waals surface area contributed by atoms with Gasteiger partial charge in [0.05, 0.1) is 0 Å². The predicted octanol–water partition coefficient (Wildman–Crippen LogP) is 3.18. The summed E-state index contributed by atoms with van der Waals surface area (Å²) >= 11 is 1.75. The van der Waals surface area contributed by atoms with Gasteiger partial charge in [0.25, 0.3) is 0 Å². The molecule has 16 heavy (non-hydrogen) atoms. The number of carbonyl (C=O) groups excluding carboxylic acids is 1. The molecular formula is C13H21NOS. The Balaban J connectivity index is 2.61. The normalized spacial score (nSPS) is 13.6. The number of amides is 1. The van der Waals surface area contributed by atoms with Crippen LogP contribution in [0.4, 0.5) is 0 Å². The number of nitrogens with zero attached hydrogens (tertiary/aromatic N) is 1. The van der Waals surface area contributed by atoms with E-state index in [4.69, 9.17) is 0 Å². The zero-order valence-electron chi connectivity index (χ0n) is 10.8. The first-order valence-electron chi connectivity index (χ1n) is 5.62. The van der Waals surface area contributed by atoms with E-state index < -0.39 is 0 Å². The highest BCUT2D eigenvalue weighted by Crippen LogP contribution is 2.20. The molecule has 90 valence electrons. The zero-order valence-corrected chi connectivity index (χ0v) is 11.6. The molecule has 0 N–H and O–H groups in total. The van der Waals surface area contributed by atoms with Gasteiger partial charge in [-0.1, -0.05) is 26.8 Å². The standard InChI is InChI=1S/C13H21NOS/c1-10(9-11-7-6-8-16-11)14(5)12(15)13(2,3)4/h6-8,10H,9H2,1-5H3. The molecule has 1 heterocycles. The molecule has 0 fully saturated rings. The maximum Gasteiger partial charge on any atom is 0.227 e. The number of thiophene rings is 1. The van der Waals surface area contributed by atoms with Gasteiger partial charge in [0.15, 0.2) is 0 Å². The Morgan fingerprint density at radius 1 is 1.50 bits per heavy atom. The van der Waals surface area contributed by atoms with Crippen LogP contribution in [0, 0.1) is 5.41 Å². The molecule has 0 aliphatic carbocycles. The molecule has 0 bridgehead atoms. The van der Waals surface area contributed by atoms with Crippen molar-refractivity contribution in [3.8, 4) is 0 Å². The van der Waals surface area contributed by atoms with Gasteiger partial charge in [-0.25, -0.2) is 0 Å². The first kappa shape index (κ1) is 13.2. The lowest BCUT2D eigenvalue weighted by atomic mass is 9.94. The van der Waals surface area contributed by atoms with Crippen LogP contribution in [0.2, 0.25) is 0 Å². The molecule has 0 aliphatic rings. The molecule has 3 heteroatoms. The summed E-state index contributed by atoms with van der Waals surface area (Å²) in [6.07, 6.45) is 0.940. The van der Waals surface area contributed by atoms with E-state index in [0.29, 0.717) is 0 Å². The Kier molecular flexibility index (Phi) is 4.14. The van der Waals surface area contributed by atoms with Crippen molar-refractivity contribution in [2.75, 3.05) is 7.05 Å². The summed E-state index contributed by atoms with van der Waals surface area (Å²) in [7, 11) is 1.89. The van der Waals surface area contributed by atoms with E-state index >= 15 is 0 Å². The molecule has 1 aromatic rings. The van der Waals surface area contributed by atoms with Gasteiger partial charge < -0.3 is 4.90 Å². The van der Waals surface area contributed by atoms with Crippen LogP contribution in [0.1, 0.15) is 32.6 Å². The number of hydrogen-bond donors (Lipinski definition) is 0. The lowest BCUT2D eigenvalue weighted by Gasteiger charge is -2.30. The summed E-state index contributed by atoms with van der Waals surface area (Å²) < 4.78 is 0. The highest BCUT2D eigenvalue weighted by Gasteiger charge is 2.27. The molecule has 0 saturated carbocycles. The highest BCUT2D eigenvalue weighted by molar-refractivity contribution is 7.09.